The largest absolute Gasteiger partial charge is 0.353 e. The summed E-state index contributed by atoms with van der Waals surface area (Å²) in [6.07, 6.45) is 6.24. The number of amides is 1. The number of piperidine rings is 1. The van der Waals surface area contributed by atoms with Crippen molar-refractivity contribution in [2.45, 2.75) is 56.4 Å². The number of nitrogens with one attached hydrogen (secondary N) is 1. The minimum absolute atomic E-state index is 0.0452. The molecule has 2 bridgehead atoms. The van der Waals surface area contributed by atoms with Crippen LogP contribution >= 0.6 is 23.2 Å². The van der Waals surface area contributed by atoms with E-state index < -0.39 is 10.0 Å². The molecule has 5 nitrogen and oxygen atoms in total. The number of halogens is 2. The summed E-state index contributed by atoms with van der Waals surface area (Å²) in [7, 11) is -3.78. The van der Waals surface area contributed by atoms with E-state index in [1.165, 1.54) is 42.1 Å². The molecule has 3 fully saturated rings. The number of hydrogen-bond donors (Lipinski definition) is 1. The van der Waals surface area contributed by atoms with E-state index in [-0.39, 0.29) is 32.8 Å². The molecule has 1 saturated heterocycles. The fraction of sp³-hybridized carbons (Fsp3) is 0.667. The molecule has 0 aromatic heterocycles. The predicted octanol–water partition coefficient (Wildman–Crippen LogP) is 4.34. The lowest BCUT2D eigenvalue weighted by Crippen LogP contribution is -2.47. The van der Waals surface area contributed by atoms with Crippen LogP contribution in [0.5, 0.6) is 0 Å². The van der Waals surface area contributed by atoms with Crippen molar-refractivity contribution in [3.05, 3.63) is 28.2 Å². The van der Waals surface area contributed by atoms with Gasteiger partial charge in [0, 0.05) is 25.0 Å². The minimum Gasteiger partial charge on any atom is -0.353 e. The molecule has 8 heteroatoms. The second-order valence-corrected chi connectivity index (χ2v) is 11.6. The first-order chi connectivity index (χ1) is 13.8. The lowest BCUT2D eigenvalue weighted by atomic mass is 9.83. The van der Waals surface area contributed by atoms with Crippen LogP contribution < -0.4 is 5.32 Å². The maximum absolute atomic E-state index is 13.0. The zero-order valence-electron chi connectivity index (χ0n) is 16.6. The highest BCUT2D eigenvalue weighted by Gasteiger charge is 2.42. The van der Waals surface area contributed by atoms with E-state index in [9.17, 15) is 13.2 Å². The summed E-state index contributed by atoms with van der Waals surface area (Å²) in [4.78, 5) is 12.7. The van der Waals surface area contributed by atoms with E-state index in [2.05, 4.69) is 12.2 Å². The molecule has 29 heavy (non-hydrogen) atoms. The molecule has 1 amide bonds. The smallest absolute Gasteiger partial charge is 0.246 e. The Bertz CT molecular complexity index is 864. The van der Waals surface area contributed by atoms with Gasteiger partial charge in [-0.15, -0.1) is 0 Å². The van der Waals surface area contributed by atoms with Crippen LogP contribution in [0.1, 0.15) is 45.4 Å². The van der Waals surface area contributed by atoms with Crippen LogP contribution in [0.2, 0.25) is 10.0 Å². The zero-order valence-corrected chi connectivity index (χ0v) is 18.9. The average molecular weight is 459 g/mol. The first-order valence-electron chi connectivity index (χ1n) is 10.5. The minimum atomic E-state index is -3.78. The SMILES string of the molecule is C[C@@H](NC(=O)C1CCN(S(=O)(=O)c2c(Cl)cccc2Cl)CC1)[C@H]1C[C@H]2CC[C@H]1C2. The molecule has 1 heterocycles. The van der Waals surface area contributed by atoms with E-state index in [1.54, 1.807) is 6.07 Å². The van der Waals surface area contributed by atoms with Gasteiger partial charge in [0.05, 0.1) is 10.0 Å². The highest BCUT2D eigenvalue weighted by Crippen LogP contribution is 2.49. The van der Waals surface area contributed by atoms with Crippen LogP contribution in [0, 0.1) is 23.7 Å². The van der Waals surface area contributed by atoms with E-state index in [4.69, 9.17) is 23.2 Å². The summed E-state index contributed by atoms with van der Waals surface area (Å²) in [5.41, 5.74) is 0. The molecule has 1 N–H and O–H groups in total. The monoisotopic (exact) mass is 458 g/mol. The van der Waals surface area contributed by atoms with Crippen molar-refractivity contribution in [2.24, 2.45) is 23.7 Å². The summed E-state index contributed by atoms with van der Waals surface area (Å²) in [5, 5.41) is 3.48. The molecular formula is C21H28Cl2N2O3S. The van der Waals surface area contributed by atoms with Crippen molar-refractivity contribution >= 4 is 39.1 Å². The third-order valence-electron chi connectivity index (χ3n) is 7.15. The normalized spacial score (nSPS) is 29.1. The molecule has 1 aliphatic heterocycles. The van der Waals surface area contributed by atoms with Gasteiger partial charge in [0.25, 0.3) is 0 Å². The Kier molecular flexibility index (Phi) is 6.18. The van der Waals surface area contributed by atoms with Gasteiger partial charge in [-0.2, -0.15) is 4.31 Å². The van der Waals surface area contributed by atoms with E-state index >= 15 is 0 Å². The maximum atomic E-state index is 13.0. The Morgan fingerprint density at radius 3 is 2.31 bits per heavy atom. The number of carbonyl (C=O) groups is 1. The molecule has 2 saturated carbocycles. The average Bonchev–Trinajstić information content (AvgIpc) is 3.31. The molecule has 0 radical (unpaired) electrons. The van der Waals surface area contributed by atoms with Crippen LogP contribution in [0.25, 0.3) is 0 Å². The summed E-state index contributed by atoms with van der Waals surface area (Å²) >= 11 is 12.2. The zero-order chi connectivity index (χ0) is 20.8. The second-order valence-electron chi connectivity index (χ2n) is 8.87. The van der Waals surface area contributed by atoms with Gasteiger partial charge < -0.3 is 5.32 Å². The molecule has 160 valence electrons. The van der Waals surface area contributed by atoms with Crippen LogP contribution in [-0.4, -0.2) is 37.8 Å². The summed E-state index contributed by atoms with van der Waals surface area (Å²) < 4.78 is 27.4. The Hall–Kier alpha value is -0.820. The summed E-state index contributed by atoms with van der Waals surface area (Å²) in [6.45, 7) is 2.72. The Morgan fingerprint density at radius 1 is 1.10 bits per heavy atom. The highest BCUT2D eigenvalue weighted by atomic mass is 35.5. The molecular weight excluding hydrogens is 431 g/mol. The van der Waals surface area contributed by atoms with Crippen LogP contribution in [-0.2, 0) is 14.8 Å². The summed E-state index contributed by atoms with van der Waals surface area (Å²) in [5.74, 6) is 2.13. The Balaban J connectivity index is 1.35. The Labute approximate surface area is 183 Å². The maximum Gasteiger partial charge on any atom is 0.246 e. The van der Waals surface area contributed by atoms with Crippen molar-refractivity contribution in [3.8, 4) is 0 Å². The van der Waals surface area contributed by atoms with Crippen molar-refractivity contribution in [1.82, 2.24) is 9.62 Å². The van der Waals surface area contributed by atoms with Crippen LogP contribution in [0.3, 0.4) is 0 Å². The Morgan fingerprint density at radius 2 is 1.76 bits per heavy atom. The number of sulfonamides is 1. The standard InChI is InChI=1S/C21H28Cl2N2O3S/c1-13(17-12-14-5-6-16(17)11-14)24-21(26)15-7-9-25(10-8-15)29(27,28)20-18(22)3-2-4-19(20)23/h2-4,13-17H,5-12H2,1H3,(H,24,26)/t13-,14+,16+,17-/m1/s1. The van der Waals surface area contributed by atoms with E-state index in [1.807, 2.05) is 0 Å². The van der Waals surface area contributed by atoms with Gasteiger partial charge in [0.2, 0.25) is 15.9 Å². The van der Waals surface area contributed by atoms with Gasteiger partial charge in [0.15, 0.2) is 0 Å². The van der Waals surface area contributed by atoms with Crippen molar-refractivity contribution < 1.29 is 13.2 Å². The first kappa shape index (κ1) is 21.4. The van der Waals surface area contributed by atoms with E-state index in [0.717, 1.165) is 11.8 Å². The lowest BCUT2D eigenvalue weighted by Gasteiger charge is -2.33. The van der Waals surface area contributed by atoms with Gasteiger partial charge in [-0.05, 0) is 68.9 Å². The number of hydrogen-bond acceptors (Lipinski definition) is 3. The predicted molar refractivity (Wildman–Crippen MR) is 114 cm³/mol. The van der Waals surface area contributed by atoms with Crippen molar-refractivity contribution in [3.63, 3.8) is 0 Å². The fourth-order valence-electron chi connectivity index (χ4n) is 5.57. The van der Waals surface area contributed by atoms with Crippen molar-refractivity contribution in [1.29, 1.82) is 0 Å². The fourth-order valence-corrected chi connectivity index (χ4v) is 8.13. The second kappa shape index (κ2) is 8.37. The van der Waals surface area contributed by atoms with E-state index in [0.29, 0.717) is 31.8 Å². The van der Waals surface area contributed by atoms with Gasteiger partial charge in [-0.3, -0.25) is 4.79 Å². The molecule has 2 aliphatic carbocycles. The topological polar surface area (TPSA) is 66.5 Å². The van der Waals surface area contributed by atoms with Crippen molar-refractivity contribution in [2.75, 3.05) is 13.1 Å². The molecule has 0 spiro atoms. The van der Waals surface area contributed by atoms with Crippen LogP contribution in [0.4, 0.5) is 0 Å². The number of carbonyl (C=O) groups excluding carboxylic acids is 1. The number of fused-ring (bicyclic) bond motifs is 2. The molecule has 1 aromatic carbocycles. The number of nitrogens with zero attached hydrogens (tertiary/aromatic N) is 1. The number of rotatable bonds is 5. The number of benzene rings is 1. The molecule has 1 aromatic rings. The van der Waals surface area contributed by atoms with Gasteiger partial charge in [-0.25, -0.2) is 8.42 Å². The van der Waals surface area contributed by atoms with Gasteiger partial charge >= 0.3 is 0 Å². The summed E-state index contributed by atoms with van der Waals surface area (Å²) in [6, 6.07) is 4.87. The lowest BCUT2D eigenvalue weighted by molar-refractivity contribution is -0.127. The third-order valence-corrected chi connectivity index (χ3v) is 10.0. The van der Waals surface area contributed by atoms with Gasteiger partial charge in [-0.1, -0.05) is 35.7 Å². The van der Waals surface area contributed by atoms with Gasteiger partial charge in [0.1, 0.15) is 4.90 Å². The van der Waals surface area contributed by atoms with Crippen LogP contribution in [0.15, 0.2) is 23.1 Å². The third kappa shape index (κ3) is 4.18. The molecule has 4 atom stereocenters. The first-order valence-corrected chi connectivity index (χ1v) is 12.7. The quantitative estimate of drug-likeness (QED) is 0.713. The highest BCUT2D eigenvalue weighted by molar-refractivity contribution is 7.89. The molecule has 3 aliphatic rings. The molecule has 4 rings (SSSR count). The molecule has 0 unspecified atom stereocenters.